The molecule has 0 aromatic heterocycles. The maximum Gasteiger partial charge on any atom is 0.162 e. The van der Waals surface area contributed by atoms with E-state index >= 15 is 0 Å². The summed E-state index contributed by atoms with van der Waals surface area (Å²) in [6.45, 7) is 0. The quantitative estimate of drug-likeness (QED) is 0.458. The number of nitrogen functional groups attached to an aromatic ring is 1. The van der Waals surface area contributed by atoms with Gasteiger partial charge in [-0.3, -0.25) is 4.79 Å². The van der Waals surface area contributed by atoms with Crippen molar-refractivity contribution in [2.24, 2.45) is 0 Å². The van der Waals surface area contributed by atoms with Gasteiger partial charge in [0.2, 0.25) is 0 Å². The van der Waals surface area contributed by atoms with Gasteiger partial charge in [0.25, 0.3) is 0 Å². The SMILES string of the molecule is Nc1ccc(C(=O)CCCCl)cc1. The second kappa shape index (κ2) is 4.87. The molecule has 0 aliphatic rings. The Hall–Kier alpha value is -1.02. The standard InChI is InChI=1S/C10H12ClNO/c11-7-1-2-10(13)8-3-5-9(12)6-4-8/h3-6H,1-2,7,12H2. The zero-order valence-corrected chi connectivity index (χ0v) is 8.05. The molecule has 1 rings (SSSR count). The van der Waals surface area contributed by atoms with Crippen LogP contribution in [0.4, 0.5) is 5.69 Å². The molecule has 0 radical (unpaired) electrons. The summed E-state index contributed by atoms with van der Waals surface area (Å²) >= 11 is 5.49. The lowest BCUT2D eigenvalue weighted by atomic mass is 10.1. The Balaban J connectivity index is 2.61. The fourth-order valence-electron chi connectivity index (χ4n) is 1.04. The zero-order valence-electron chi connectivity index (χ0n) is 7.29. The molecule has 3 heteroatoms. The van der Waals surface area contributed by atoms with Gasteiger partial charge >= 0.3 is 0 Å². The summed E-state index contributed by atoms with van der Waals surface area (Å²) in [5.41, 5.74) is 6.88. The number of hydrogen-bond donors (Lipinski definition) is 1. The minimum Gasteiger partial charge on any atom is -0.399 e. The third-order valence-electron chi connectivity index (χ3n) is 1.77. The first-order valence-corrected chi connectivity index (χ1v) is 4.72. The molecular weight excluding hydrogens is 186 g/mol. The van der Waals surface area contributed by atoms with Gasteiger partial charge in [0, 0.05) is 23.6 Å². The molecule has 0 saturated heterocycles. The van der Waals surface area contributed by atoms with E-state index in [0.29, 0.717) is 23.6 Å². The number of carbonyl (C=O) groups excluding carboxylic acids is 1. The molecule has 0 aliphatic carbocycles. The highest BCUT2D eigenvalue weighted by atomic mass is 35.5. The van der Waals surface area contributed by atoms with Crippen LogP contribution in [-0.2, 0) is 0 Å². The van der Waals surface area contributed by atoms with E-state index in [2.05, 4.69) is 0 Å². The topological polar surface area (TPSA) is 43.1 Å². The fourth-order valence-corrected chi connectivity index (χ4v) is 1.17. The second-order valence-corrected chi connectivity index (χ2v) is 3.22. The molecule has 2 N–H and O–H groups in total. The molecule has 2 nitrogen and oxygen atoms in total. The summed E-state index contributed by atoms with van der Waals surface area (Å²) in [5.74, 6) is 0.654. The Morgan fingerprint density at radius 2 is 1.92 bits per heavy atom. The van der Waals surface area contributed by atoms with Gasteiger partial charge in [-0.2, -0.15) is 0 Å². The van der Waals surface area contributed by atoms with Gasteiger partial charge in [-0.1, -0.05) is 0 Å². The normalized spacial score (nSPS) is 9.92. The number of halogens is 1. The van der Waals surface area contributed by atoms with Crippen LogP contribution in [0.25, 0.3) is 0 Å². The first-order chi connectivity index (χ1) is 6.24. The van der Waals surface area contributed by atoms with Gasteiger partial charge in [0.1, 0.15) is 0 Å². The van der Waals surface area contributed by atoms with Crippen molar-refractivity contribution < 1.29 is 4.79 Å². The predicted molar refractivity (Wildman–Crippen MR) is 55.1 cm³/mol. The maximum atomic E-state index is 11.4. The van der Waals surface area contributed by atoms with Crippen LogP contribution in [0.1, 0.15) is 23.2 Å². The highest BCUT2D eigenvalue weighted by Crippen LogP contribution is 2.09. The lowest BCUT2D eigenvalue weighted by molar-refractivity contribution is 0.0982. The molecule has 0 bridgehead atoms. The molecule has 0 aliphatic heterocycles. The van der Waals surface area contributed by atoms with E-state index in [0.717, 1.165) is 6.42 Å². The van der Waals surface area contributed by atoms with Crippen molar-refractivity contribution in [3.05, 3.63) is 29.8 Å². The lowest BCUT2D eigenvalue weighted by Gasteiger charge is -1.99. The molecule has 0 fully saturated rings. The molecule has 0 heterocycles. The van der Waals surface area contributed by atoms with Gasteiger partial charge in [-0.25, -0.2) is 0 Å². The minimum atomic E-state index is 0.126. The number of Topliss-reactive ketones (excluding diaryl/α,β-unsaturated/α-hetero) is 1. The van der Waals surface area contributed by atoms with E-state index in [-0.39, 0.29) is 5.78 Å². The Labute approximate surface area is 82.7 Å². The molecule has 0 amide bonds. The van der Waals surface area contributed by atoms with Crippen LogP contribution in [0.5, 0.6) is 0 Å². The van der Waals surface area contributed by atoms with Crippen LogP contribution < -0.4 is 5.73 Å². The van der Waals surface area contributed by atoms with Crippen molar-refractivity contribution in [1.82, 2.24) is 0 Å². The fraction of sp³-hybridized carbons (Fsp3) is 0.300. The van der Waals surface area contributed by atoms with Crippen LogP contribution in [0.2, 0.25) is 0 Å². The summed E-state index contributed by atoms with van der Waals surface area (Å²) in [6.07, 6.45) is 1.23. The third kappa shape index (κ3) is 3.07. The summed E-state index contributed by atoms with van der Waals surface area (Å²) in [6, 6.07) is 6.94. The minimum absolute atomic E-state index is 0.126. The van der Waals surface area contributed by atoms with Gasteiger partial charge in [0.15, 0.2) is 5.78 Å². The zero-order chi connectivity index (χ0) is 9.68. The first kappa shape index (κ1) is 10.1. The molecule has 70 valence electrons. The molecule has 0 saturated carbocycles. The van der Waals surface area contributed by atoms with Crippen molar-refractivity contribution in [3.63, 3.8) is 0 Å². The third-order valence-corrected chi connectivity index (χ3v) is 2.04. The number of ketones is 1. The molecule has 0 unspecified atom stereocenters. The molecule has 0 atom stereocenters. The average Bonchev–Trinajstić information content (AvgIpc) is 2.15. The number of anilines is 1. The number of alkyl halides is 1. The van der Waals surface area contributed by atoms with Crippen molar-refractivity contribution in [1.29, 1.82) is 0 Å². The lowest BCUT2D eigenvalue weighted by Crippen LogP contribution is -1.99. The number of rotatable bonds is 4. The van der Waals surface area contributed by atoms with Crippen LogP contribution >= 0.6 is 11.6 Å². The maximum absolute atomic E-state index is 11.4. The van der Waals surface area contributed by atoms with Gasteiger partial charge in [0.05, 0.1) is 0 Å². The summed E-state index contributed by atoms with van der Waals surface area (Å²) in [5, 5.41) is 0. The summed E-state index contributed by atoms with van der Waals surface area (Å²) in [7, 11) is 0. The number of hydrogen-bond acceptors (Lipinski definition) is 2. The Morgan fingerprint density at radius 3 is 2.46 bits per heavy atom. The summed E-state index contributed by atoms with van der Waals surface area (Å²) in [4.78, 5) is 11.4. The highest BCUT2D eigenvalue weighted by molar-refractivity contribution is 6.18. The van der Waals surface area contributed by atoms with Gasteiger partial charge < -0.3 is 5.73 Å². The molecule has 1 aromatic carbocycles. The van der Waals surface area contributed by atoms with Crippen LogP contribution in [-0.4, -0.2) is 11.7 Å². The van der Waals surface area contributed by atoms with E-state index in [1.165, 1.54) is 0 Å². The largest absolute Gasteiger partial charge is 0.399 e. The van der Waals surface area contributed by atoms with Crippen LogP contribution in [0, 0.1) is 0 Å². The molecule has 1 aromatic rings. The van der Waals surface area contributed by atoms with E-state index in [1.807, 2.05) is 0 Å². The van der Waals surface area contributed by atoms with Crippen molar-refractivity contribution in [2.75, 3.05) is 11.6 Å². The number of benzene rings is 1. The van der Waals surface area contributed by atoms with Gasteiger partial charge in [-0.15, -0.1) is 11.6 Å². The van der Waals surface area contributed by atoms with Gasteiger partial charge in [-0.05, 0) is 30.7 Å². The Bertz CT molecular complexity index is 281. The average molecular weight is 198 g/mol. The van der Waals surface area contributed by atoms with Crippen molar-refractivity contribution in [2.45, 2.75) is 12.8 Å². The second-order valence-electron chi connectivity index (χ2n) is 2.84. The van der Waals surface area contributed by atoms with E-state index in [1.54, 1.807) is 24.3 Å². The van der Waals surface area contributed by atoms with Crippen molar-refractivity contribution in [3.8, 4) is 0 Å². The number of nitrogens with two attached hydrogens (primary N) is 1. The van der Waals surface area contributed by atoms with Crippen molar-refractivity contribution >= 4 is 23.1 Å². The van der Waals surface area contributed by atoms with Crippen LogP contribution in [0.3, 0.4) is 0 Å². The predicted octanol–water partition coefficient (Wildman–Crippen LogP) is 2.47. The Kier molecular flexibility index (Phi) is 3.77. The van der Waals surface area contributed by atoms with E-state index in [4.69, 9.17) is 17.3 Å². The van der Waals surface area contributed by atoms with E-state index < -0.39 is 0 Å². The summed E-state index contributed by atoms with van der Waals surface area (Å²) < 4.78 is 0. The monoisotopic (exact) mass is 197 g/mol. The molecule has 13 heavy (non-hydrogen) atoms. The highest BCUT2D eigenvalue weighted by Gasteiger charge is 2.03. The first-order valence-electron chi connectivity index (χ1n) is 4.18. The van der Waals surface area contributed by atoms with Crippen LogP contribution in [0.15, 0.2) is 24.3 Å². The molecular formula is C10H12ClNO. The van der Waals surface area contributed by atoms with E-state index in [9.17, 15) is 4.79 Å². The molecule has 0 spiro atoms. The smallest absolute Gasteiger partial charge is 0.162 e. The Morgan fingerprint density at radius 1 is 1.31 bits per heavy atom. The number of carbonyl (C=O) groups is 1.